The van der Waals surface area contributed by atoms with Gasteiger partial charge >= 0.3 is 11.9 Å². The number of esters is 1. The largest absolute Gasteiger partial charge is 0.478 e. The van der Waals surface area contributed by atoms with Gasteiger partial charge in [-0.15, -0.1) is 12.3 Å². The van der Waals surface area contributed by atoms with Gasteiger partial charge in [0.15, 0.2) is 5.79 Å². The summed E-state index contributed by atoms with van der Waals surface area (Å²) >= 11 is 0. The van der Waals surface area contributed by atoms with Crippen LogP contribution in [-0.4, -0.2) is 51.4 Å². The first kappa shape index (κ1) is 44.1. The topological polar surface area (TPSA) is 113 Å². The lowest BCUT2D eigenvalue weighted by atomic mass is 9.83. The molecule has 0 saturated carbocycles. The molecule has 3 N–H and O–H groups in total. The zero-order chi connectivity index (χ0) is 36.0. The Bertz CT molecular complexity index is 1070. The van der Waals surface area contributed by atoms with Crippen LogP contribution in [0.5, 0.6) is 0 Å². The zero-order valence-electron chi connectivity index (χ0n) is 30.4. The molecule has 7 nitrogen and oxygen atoms in total. The molecule has 0 fully saturated rings. The Morgan fingerprint density at radius 3 is 2.17 bits per heavy atom. The summed E-state index contributed by atoms with van der Waals surface area (Å²) in [6.45, 7) is 19.0. The molecule has 0 aliphatic carbocycles. The second-order valence-corrected chi connectivity index (χ2v) is 14.2. The number of aliphatic hydroxyl groups excluding tert-OH is 1. The van der Waals surface area contributed by atoms with Crippen molar-refractivity contribution >= 4 is 11.9 Å². The maximum absolute atomic E-state index is 13.0. The Labute approximate surface area is 285 Å². The number of carboxylic acid groups (broad SMARTS) is 1. The summed E-state index contributed by atoms with van der Waals surface area (Å²) in [4.78, 5) is 23.6. The van der Waals surface area contributed by atoms with Gasteiger partial charge in [-0.3, -0.25) is 4.79 Å². The lowest BCUT2D eigenvalue weighted by molar-refractivity contribution is -0.205. The second kappa shape index (κ2) is 23.4. The molecule has 0 saturated heterocycles. The number of terminal acetylenes is 1. The molecule has 0 aromatic carbocycles. The van der Waals surface area contributed by atoms with Crippen LogP contribution < -0.4 is 0 Å². The number of hydrogen-bond donors (Lipinski definition) is 3. The number of carbonyl (C=O) groups excluding carboxylic acids is 1. The van der Waals surface area contributed by atoms with Gasteiger partial charge in [0.05, 0.1) is 17.6 Å². The summed E-state index contributed by atoms with van der Waals surface area (Å²) in [5, 5.41) is 29.9. The van der Waals surface area contributed by atoms with Crippen LogP contribution in [0, 0.1) is 41.4 Å². The van der Waals surface area contributed by atoms with Gasteiger partial charge in [0.1, 0.15) is 6.10 Å². The third-order valence-electron chi connectivity index (χ3n) is 8.33. The maximum atomic E-state index is 13.0. The Kier molecular flexibility index (Phi) is 22.0. The van der Waals surface area contributed by atoms with Crippen molar-refractivity contribution in [3.63, 3.8) is 0 Å². The minimum absolute atomic E-state index is 0.0392. The smallest absolute Gasteiger partial charge is 0.328 e. The molecule has 7 atom stereocenters. The van der Waals surface area contributed by atoms with E-state index in [0.717, 1.165) is 38.2 Å². The molecule has 0 spiro atoms. The van der Waals surface area contributed by atoms with Crippen molar-refractivity contribution in [3.05, 3.63) is 61.3 Å². The highest BCUT2D eigenvalue weighted by atomic mass is 16.6. The van der Waals surface area contributed by atoms with Crippen molar-refractivity contribution < 1.29 is 34.4 Å². The molecule has 0 aliphatic heterocycles. The molecule has 0 heterocycles. The SMILES string of the molecule is C#CCC(C)(C)C(=O)OC(CCC(C)C[C@H](C)[C@@H](O)C(C)/C=C\CCC(C/C=C/C=C\C(=O)O)OC(C)(C)O)C(C)CC/C=C\C=C. The van der Waals surface area contributed by atoms with E-state index in [4.69, 9.17) is 21.0 Å². The van der Waals surface area contributed by atoms with Crippen molar-refractivity contribution in [2.24, 2.45) is 29.1 Å². The first-order valence-electron chi connectivity index (χ1n) is 17.2. The van der Waals surface area contributed by atoms with E-state index in [0.29, 0.717) is 31.6 Å². The predicted molar refractivity (Wildman–Crippen MR) is 192 cm³/mol. The summed E-state index contributed by atoms with van der Waals surface area (Å²) < 4.78 is 11.9. The second-order valence-electron chi connectivity index (χ2n) is 14.2. The van der Waals surface area contributed by atoms with Crippen LogP contribution in [0.25, 0.3) is 0 Å². The van der Waals surface area contributed by atoms with Crippen LogP contribution in [0.2, 0.25) is 0 Å². The minimum atomic E-state index is -1.28. The summed E-state index contributed by atoms with van der Waals surface area (Å²) in [6, 6.07) is 0. The third kappa shape index (κ3) is 21.6. The van der Waals surface area contributed by atoms with Crippen LogP contribution in [0.1, 0.15) is 113 Å². The summed E-state index contributed by atoms with van der Waals surface area (Å²) in [5.74, 6) is 0.610. The van der Waals surface area contributed by atoms with Crippen molar-refractivity contribution in [3.8, 4) is 12.3 Å². The van der Waals surface area contributed by atoms with Gasteiger partial charge in [0.2, 0.25) is 0 Å². The number of hydrogen-bond acceptors (Lipinski definition) is 6. The van der Waals surface area contributed by atoms with Gasteiger partial charge in [-0.25, -0.2) is 4.79 Å². The maximum Gasteiger partial charge on any atom is 0.328 e. The van der Waals surface area contributed by atoms with E-state index < -0.39 is 23.3 Å². The number of aliphatic hydroxyl groups is 2. The lowest BCUT2D eigenvalue weighted by Gasteiger charge is -2.30. The van der Waals surface area contributed by atoms with E-state index in [-0.39, 0.29) is 35.9 Å². The first-order chi connectivity index (χ1) is 21.9. The fourth-order valence-electron chi connectivity index (χ4n) is 5.47. The van der Waals surface area contributed by atoms with Crippen LogP contribution in [-0.2, 0) is 19.1 Å². The Morgan fingerprint density at radius 1 is 0.915 bits per heavy atom. The molecule has 0 amide bonds. The van der Waals surface area contributed by atoms with Gasteiger partial charge in [0.25, 0.3) is 0 Å². The number of rotatable bonds is 25. The average molecular weight is 657 g/mol. The third-order valence-corrected chi connectivity index (χ3v) is 8.33. The molecule has 266 valence electrons. The molecule has 0 bridgehead atoms. The fourth-order valence-corrected chi connectivity index (χ4v) is 5.47. The summed E-state index contributed by atoms with van der Waals surface area (Å²) in [7, 11) is 0. The normalized spacial score (nSPS) is 17.4. The molecule has 0 rings (SSSR count). The number of carboxylic acids is 1. The molecule has 7 heteroatoms. The van der Waals surface area contributed by atoms with Crippen molar-refractivity contribution in [1.29, 1.82) is 0 Å². The number of carbonyl (C=O) groups is 2. The quantitative estimate of drug-likeness (QED) is 0.0225. The first-order valence-corrected chi connectivity index (χ1v) is 17.2. The van der Waals surface area contributed by atoms with Gasteiger partial charge < -0.3 is 24.8 Å². The molecule has 0 radical (unpaired) electrons. The molecule has 5 unspecified atom stereocenters. The van der Waals surface area contributed by atoms with Gasteiger partial charge in [0, 0.05) is 18.4 Å². The highest BCUT2D eigenvalue weighted by molar-refractivity contribution is 5.80. The number of aliphatic carboxylic acids is 1. The summed E-state index contributed by atoms with van der Waals surface area (Å²) in [5.41, 5.74) is -0.731. The molecular formula is C40H64O7. The molecule has 0 aromatic rings. The van der Waals surface area contributed by atoms with Crippen LogP contribution in [0.3, 0.4) is 0 Å². The zero-order valence-corrected chi connectivity index (χ0v) is 30.4. The molecule has 0 aliphatic rings. The van der Waals surface area contributed by atoms with Gasteiger partial charge in [-0.05, 0) is 96.8 Å². The standard InChI is InChI=1S/C40H64O7/c1-11-13-14-16-21-31(4)35(46-38(44)39(7,8)28-12-2)27-26-30(3)29-33(6)37(43)32(5)22-19-20-24-34(47-40(9,10)45)23-17-15-18-25-36(41)42/h2,11,13-15,17-19,22,25,30-35,37,43,45H,1,16,20-21,23-24,26-29H2,3-10H3,(H,41,42)/b14-13-,17-15+,22-19-,25-18-/t30?,31?,32?,33-,34?,35?,37-/m0/s1. The van der Waals surface area contributed by atoms with E-state index >= 15 is 0 Å². The van der Waals surface area contributed by atoms with E-state index in [2.05, 4.69) is 39.3 Å². The van der Waals surface area contributed by atoms with E-state index in [1.54, 1.807) is 26.0 Å². The van der Waals surface area contributed by atoms with Crippen LogP contribution in [0.15, 0.2) is 61.3 Å². The Balaban J connectivity index is 5.12. The molecule has 0 aromatic heterocycles. The Morgan fingerprint density at radius 2 is 1.57 bits per heavy atom. The average Bonchev–Trinajstić information content (AvgIpc) is 2.97. The highest BCUT2D eigenvalue weighted by Crippen LogP contribution is 2.30. The highest BCUT2D eigenvalue weighted by Gasteiger charge is 2.32. The molecule has 47 heavy (non-hydrogen) atoms. The number of ether oxygens (including phenoxy) is 2. The lowest BCUT2D eigenvalue weighted by Crippen LogP contribution is -2.34. The van der Waals surface area contributed by atoms with Gasteiger partial charge in [-0.2, -0.15) is 0 Å². The monoisotopic (exact) mass is 656 g/mol. The van der Waals surface area contributed by atoms with Crippen LogP contribution >= 0.6 is 0 Å². The summed E-state index contributed by atoms with van der Waals surface area (Å²) in [6.07, 6.45) is 26.9. The van der Waals surface area contributed by atoms with Crippen molar-refractivity contribution in [2.75, 3.05) is 0 Å². The Hall–Kier alpha value is -2.92. The van der Waals surface area contributed by atoms with E-state index in [9.17, 15) is 19.8 Å². The number of allylic oxidation sites excluding steroid dienone is 6. The van der Waals surface area contributed by atoms with Crippen molar-refractivity contribution in [2.45, 2.75) is 137 Å². The minimum Gasteiger partial charge on any atom is -0.478 e. The van der Waals surface area contributed by atoms with Gasteiger partial charge in [-0.1, -0.05) is 82.9 Å². The molecular weight excluding hydrogens is 592 g/mol. The van der Waals surface area contributed by atoms with Crippen LogP contribution in [0.4, 0.5) is 0 Å². The van der Waals surface area contributed by atoms with Crippen molar-refractivity contribution in [1.82, 2.24) is 0 Å². The predicted octanol–water partition coefficient (Wildman–Crippen LogP) is 8.58. The van der Waals surface area contributed by atoms with E-state index in [1.807, 2.05) is 45.1 Å². The van der Waals surface area contributed by atoms with E-state index in [1.165, 1.54) is 6.08 Å². The fraction of sp³-hybridized carbons (Fsp3) is 0.650.